The number of fused-ring (bicyclic) bond motifs is 5. The van der Waals surface area contributed by atoms with Gasteiger partial charge in [0.05, 0.1) is 11.8 Å². The van der Waals surface area contributed by atoms with Crippen molar-refractivity contribution in [3.63, 3.8) is 0 Å². The first-order valence-electron chi connectivity index (χ1n) is 12.7. The number of amides is 3. The topological polar surface area (TPSA) is 75.7 Å². The molecule has 2 aromatic carbocycles. The van der Waals surface area contributed by atoms with Gasteiger partial charge in [-0.1, -0.05) is 29.8 Å². The van der Waals surface area contributed by atoms with Crippen molar-refractivity contribution >= 4 is 23.4 Å². The Labute approximate surface area is 205 Å². The number of allylic oxidation sites excluding steroid dienone is 2. The van der Waals surface area contributed by atoms with Gasteiger partial charge in [-0.3, -0.25) is 19.3 Å². The summed E-state index contributed by atoms with van der Waals surface area (Å²) in [7, 11) is 0. The van der Waals surface area contributed by atoms with Crippen LogP contribution in [-0.4, -0.2) is 28.7 Å². The third-order valence-corrected chi connectivity index (χ3v) is 8.32. The van der Waals surface area contributed by atoms with Gasteiger partial charge in [-0.15, -0.1) is 0 Å². The molecule has 0 unspecified atom stereocenters. The van der Waals surface area contributed by atoms with E-state index in [0.29, 0.717) is 31.4 Å². The maximum atomic E-state index is 13.1. The summed E-state index contributed by atoms with van der Waals surface area (Å²) in [6, 6.07) is 15.2. The lowest BCUT2D eigenvalue weighted by molar-refractivity contribution is -0.144. The monoisotopic (exact) mass is 470 g/mol. The second-order valence-electron chi connectivity index (χ2n) is 10.5. The first kappa shape index (κ1) is 22.1. The lowest BCUT2D eigenvalue weighted by Gasteiger charge is -2.33. The Balaban J connectivity index is 1.02. The van der Waals surface area contributed by atoms with Crippen LogP contribution in [0, 0.1) is 36.5 Å². The van der Waals surface area contributed by atoms with Crippen LogP contribution < -0.4 is 10.1 Å². The number of ether oxygens (including phenoxy) is 1. The van der Waals surface area contributed by atoms with E-state index in [9.17, 15) is 14.4 Å². The average molecular weight is 471 g/mol. The summed E-state index contributed by atoms with van der Waals surface area (Å²) in [6.07, 6.45) is 7.96. The van der Waals surface area contributed by atoms with E-state index in [2.05, 4.69) is 17.5 Å². The SMILES string of the molecule is Cc1ccc(Oc2ccc(NC(=O)C3CCC(N4C(=O)[C@@H]5[C@@H](C4=O)[C@H]4C=C[C@H]5C4)CC3)cc2)cc1. The van der Waals surface area contributed by atoms with Crippen molar-refractivity contribution < 1.29 is 19.1 Å². The number of benzene rings is 2. The maximum Gasteiger partial charge on any atom is 0.233 e. The smallest absolute Gasteiger partial charge is 0.233 e. The van der Waals surface area contributed by atoms with Gasteiger partial charge in [0.1, 0.15) is 11.5 Å². The van der Waals surface area contributed by atoms with E-state index in [0.717, 1.165) is 17.9 Å². The van der Waals surface area contributed by atoms with Crippen molar-refractivity contribution in [1.82, 2.24) is 4.90 Å². The Morgan fingerprint density at radius 1 is 0.829 bits per heavy atom. The molecule has 1 saturated heterocycles. The Bertz CT molecular complexity index is 1150. The fourth-order valence-electron chi connectivity index (χ4n) is 6.47. The number of nitrogens with zero attached hydrogens (tertiary/aromatic N) is 1. The molecule has 6 heteroatoms. The molecule has 1 aliphatic heterocycles. The van der Waals surface area contributed by atoms with E-state index in [1.54, 1.807) is 4.90 Å². The predicted molar refractivity (Wildman–Crippen MR) is 132 cm³/mol. The molecular weight excluding hydrogens is 440 g/mol. The van der Waals surface area contributed by atoms with Gasteiger partial charge in [0.25, 0.3) is 0 Å². The molecule has 2 saturated carbocycles. The molecule has 35 heavy (non-hydrogen) atoms. The molecule has 4 atom stereocenters. The highest BCUT2D eigenvalue weighted by Crippen LogP contribution is 2.53. The molecule has 6 nitrogen and oxygen atoms in total. The Morgan fingerprint density at radius 3 is 1.94 bits per heavy atom. The molecule has 1 heterocycles. The highest BCUT2D eigenvalue weighted by atomic mass is 16.5. The zero-order valence-corrected chi connectivity index (χ0v) is 19.9. The number of carbonyl (C=O) groups excluding carboxylic acids is 3. The number of aryl methyl sites for hydroxylation is 1. The second-order valence-corrected chi connectivity index (χ2v) is 10.5. The summed E-state index contributed by atoms with van der Waals surface area (Å²) in [4.78, 5) is 40.6. The molecule has 4 aliphatic rings. The van der Waals surface area contributed by atoms with Gasteiger partial charge in [0.2, 0.25) is 17.7 Å². The minimum Gasteiger partial charge on any atom is -0.457 e. The zero-order valence-electron chi connectivity index (χ0n) is 19.9. The van der Waals surface area contributed by atoms with Crippen LogP contribution in [0.4, 0.5) is 5.69 Å². The number of carbonyl (C=O) groups is 3. The van der Waals surface area contributed by atoms with Crippen LogP contribution in [0.1, 0.15) is 37.7 Å². The summed E-state index contributed by atoms with van der Waals surface area (Å²) in [5.41, 5.74) is 1.91. The number of likely N-dealkylation sites (tertiary alicyclic amines) is 1. The summed E-state index contributed by atoms with van der Waals surface area (Å²) in [5, 5.41) is 3.01. The molecule has 2 aromatic rings. The Kier molecular flexibility index (Phi) is 5.47. The number of hydrogen-bond acceptors (Lipinski definition) is 4. The number of rotatable bonds is 5. The van der Waals surface area contributed by atoms with Crippen molar-refractivity contribution in [3.8, 4) is 11.5 Å². The largest absolute Gasteiger partial charge is 0.457 e. The predicted octanol–water partition coefficient (Wildman–Crippen LogP) is 5.09. The van der Waals surface area contributed by atoms with Crippen molar-refractivity contribution in [3.05, 3.63) is 66.2 Å². The summed E-state index contributed by atoms with van der Waals surface area (Å²) in [6.45, 7) is 2.03. The van der Waals surface area contributed by atoms with E-state index < -0.39 is 0 Å². The van der Waals surface area contributed by atoms with Gasteiger partial charge in [-0.05, 0) is 87.3 Å². The normalized spacial score (nSPS) is 31.1. The lowest BCUT2D eigenvalue weighted by Crippen LogP contribution is -2.44. The van der Waals surface area contributed by atoms with Crippen LogP contribution >= 0.6 is 0 Å². The standard InChI is InChI=1S/C29H30N2O4/c1-17-2-12-23(13-3-17)35-24-14-8-21(9-15-24)30-27(32)18-6-10-22(11-7-18)31-28(33)25-19-4-5-20(16-19)26(25)29(31)34/h2-5,8-9,12-15,18-20,22,25-26H,6-7,10-11,16H2,1H3,(H,30,32)/t18?,19-,20-,22?,25-,26-/m0/s1. The molecule has 3 fully saturated rings. The van der Waals surface area contributed by atoms with Gasteiger partial charge in [-0.25, -0.2) is 0 Å². The second kappa shape index (κ2) is 8.67. The van der Waals surface area contributed by atoms with E-state index >= 15 is 0 Å². The summed E-state index contributed by atoms with van der Waals surface area (Å²) < 4.78 is 5.86. The molecule has 180 valence electrons. The van der Waals surface area contributed by atoms with Gasteiger partial charge in [0, 0.05) is 17.6 Å². The quantitative estimate of drug-likeness (QED) is 0.488. The van der Waals surface area contributed by atoms with E-state index in [4.69, 9.17) is 4.74 Å². The third-order valence-electron chi connectivity index (χ3n) is 8.32. The first-order chi connectivity index (χ1) is 17.0. The fourth-order valence-corrected chi connectivity index (χ4v) is 6.47. The van der Waals surface area contributed by atoms with Gasteiger partial charge >= 0.3 is 0 Å². The van der Waals surface area contributed by atoms with Crippen LogP contribution in [0.15, 0.2) is 60.7 Å². The van der Waals surface area contributed by atoms with Gasteiger partial charge in [0.15, 0.2) is 0 Å². The summed E-state index contributed by atoms with van der Waals surface area (Å²) >= 11 is 0. The lowest BCUT2D eigenvalue weighted by atomic mass is 9.84. The maximum absolute atomic E-state index is 13.1. The Hall–Kier alpha value is -3.41. The highest BCUT2D eigenvalue weighted by molar-refractivity contribution is 6.06. The number of hydrogen-bond donors (Lipinski definition) is 1. The first-order valence-corrected chi connectivity index (χ1v) is 12.7. The minimum atomic E-state index is -0.142. The number of nitrogens with one attached hydrogen (secondary N) is 1. The molecule has 6 rings (SSSR count). The average Bonchev–Trinajstić information content (AvgIpc) is 3.55. The molecule has 0 radical (unpaired) electrons. The Morgan fingerprint density at radius 2 is 1.37 bits per heavy atom. The molecule has 3 amide bonds. The number of imide groups is 1. The van der Waals surface area contributed by atoms with E-state index in [1.807, 2.05) is 55.5 Å². The molecule has 0 spiro atoms. The third kappa shape index (κ3) is 3.95. The van der Waals surface area contributed by atoms with Gasteiger partial charge < -0.3 is 10.1 Å². The van der Waals surface area contributed by atoms with E-state index in [-0.39, 0.29) is 53.4 Å². The highest BCUT2D eigenvalue weighted by Gasteiger charge is 2.60. The van der Waals surface area contributed by atoms with Crippen molar-refractivity contribution in [2.45, 2.75) is 45.1 Å². The van der Waals surface area contributed by atoms with Crippen LogP contribution in [0.5, 0.6) is 11.5 Å². The molecule has 3 aliphatic carbocycles. The van der Waals surface area contributed by atoms with Crippen molar-refractivity contribution in [2.24, 2.45) is 29.6 Å². The summed E-state index contributed by atoms with van der Waals surface area (Å²) in [5.74, 6) is 1.61. The van der Waals surface area contributed by atoms with Crippen LogP contribution in [0.2, 0.25) is 0 Å². The fraction of sp³-hybridized carbons (Fsp3) is 0.414. The van der Waals surface area contributed by atoms with Crippen molar-refractivity contribution in [2.75, 3.05) is 5.32 Å². The molecular formula is C29H30N2O4. The van der Waals surface area contributed by atoms with Crippen LogP contribution in [-0.2, 0) is 14.4 Å². The van der Waals surface area contributed by atoms with Crippen LogP contribution in [0.25, 0.3) is 0 Å². The zero-order chi connectivity index (χ0) is 24.1. The molecule has 1 N–H and O–H groups in total. The number of anilines is 1. The minimum absolute atomic E-state index is 0.00570. The van der Waals surface area contributed by atoms with Crippen LogP contribution in [0.3, 0.4) is 0 Å². The van der Waals surface area contributed by atoms with E-state index in [1.165, 1.54) is 5.56 Å². The van der Waals surface area contributed by atoms with Gasteiger partial charge in [-0.2, -0.15) is 0 Å². The molecule has 0 aromatic heterocycles. The molecule has 2 bridgehead atoms. The van der Waals surface area contributed by atoms with Crippen molar-refractivity contribution in [1.29, 1.82) is 0 Å².